The van der Waals surface area contributed by atoms with Gasteiger partial charge in [-0.3, -0.25) is 4.79 Å². The quantitative estimate of drug-likeness (QED) is 0.144. The van der Waals surface area contributed by atoms with Gasteiger partial charge in [0.05, 0.1) is 49.5 Å². The average Bonchev–Trinajstić information content (AvgIpc) is 3.01. The van der Waals surface area contributed by atoms with E-state index in [0.717, 1.165) is 68.8 Å². The van der Waals surface area contributed by atoms with E-state index in [1.165, 1.54) is 12.8 Å². The number of morpholine rings is 2. The molecule has 2 saturated heterocycles. The summed E-state index contributed by atoms with van der Waals surface area (Å²) in [6, 6.07) is 3.64. The standard InChI is InChI=1S/C20H31ClN2O3S.C9H11ClN2OS.K/c1-3-5-6-16(4-2)15-26-18(24)8-14-27-17-7-9-22-20(19(17)21)23-10-12-25-13-11-23;10-8-7(14)1-2-11-9(8)12-3-5-13-6-4-12;/h7,9,16H,3-6,8,10-15H2,1-2H3;1-2H,3-6H2,(H,11,14);/q;;+1/p-1. The number of esters is 1. The minimum absolute atomic E-state index is 0. The third-order valence-electron chi connectivity index (χ3n) is 6.88. The van der Waals surface area contributed by atoms with Crippen LogP contribution in [-0.4, -0.2) is 80.9 Å². The molecule has 0 aliphatic carbocycles. The first kappa shape index (κ1) is 38.3. The van der Waals surface area contributed by atoms with Crippen LogP contribution in [0.2, 0.25) is 10.0 Å². The molecule has 1 unspecified atom stereocenters. The first-order chi connectivity index (χ1) is 19.9. The van der Waals surface area contributed by atoms with Crippen molar-refractivity contribution in [2.75, 3.05) is 74.8 Å². The van der Waals surface area contributed by atoms with Gasteiger partial charge < -0.3 is 36.6 Å². The van der Waals surface area contributed by atoms with E-state index in [4.69, 9.17) is 50.0 Å². The molecular weight excluding hydrogens is 642 g/mol. The molecule has 0 amide bonds. The molecular formula is C29H41Cl2KN4O4S2. The van der Waals surface area contributed by atoms with Gasteiger partial charge in [-0.15, -0.1) is 11.8 Å². The molecule has 0 N–H and O–H groups in total. The molecule has 4 rings (SSSR count). The molecule has 2 aliphatic rings. The molecule has 2 aliphatic heterocycles. The van der Waals surface area contributed by atoms with E-state index < -0.39 is 0 Å². The summed E-state index contributed by atoms with van der Waals surface area (Å²) in [4.78, 5) is 26.5. The summed E-state index contributed by atoms with van der Waals surface area (Å²) in [5.41, 5.74) is 0. The minimum atomic E-state index is -0.129. The van der Waals surface area contributed by atoms with Gasteiger partial charge >= 0.3 is 57.4 Å². The van der Waals surface area contributed by atoms with Gasteiger partial charge in [-0.25, -0.2) is 9.97 Å². The van der Waals surface area contributed by atoms with Crippen LogP contribution in [0.1, 0.15) is 46.0 Å². The van der Waals surface area contributed by atoms with Crippen LogP contribution in [-0.2, 0) is 31.6 Å². The maximum atomic E-state index is 12.0. The number of pyridine rings is 2. The van der Waals surface area contributed by atoms with Crippen molar-refractivity contribution >= 4 is 65.2 Å². The third kappa shape index (κ3) is 12.8. The molecule has 4 heterocycles. The molecule has 0 saturated carbocycles. The van der Waals surface area contributed by atoms with Crippen molar-refractivity contribution in [2.24, 2.45) is 5.92 Å². The Morgan fingerprint density at radius 2 is 1.57 bits per heavy atom. The van der Waals surface area contributed by atoms with E-state index >= 15 is 0 Å². The molecule has 42 heavy (non-hydrogen) atoms. The molecule has 2 fully saturated rings. The van der Waals surface area contributed by atoms with Crippen molar-refractivity contribution in [3.63, 3.8) is 0 Å². The maximum Gasteiger partial charge on any atom is 1.00 e. The summed E-state index contributed by atoms with van der Waals surface area (Å²) in [6.45, 7) is 10.9. The van der Waals surface area contributed by atoms with Crippen LogP contribution in [0, 0.1) is 5.92 Å². The topological polar surface area (TPSA) is 77.0 Å². The zero-order chi connectivity index (χ0) is 29.5. The second-order valence-electron chi connectivity index (χ2n) is 9.79. The van der Waals surface area contributed by atoms with Crippen LogP contribution in [0.25, 0.3) is 0 Å². The van der Waals surface area contributed by atoms with Crippen LogP contribution in [0.3, 0.4) is 0 Å². The number of nitrogens with zero attached hydrogens (tertiary/aromatic N) is 4. The third-order valence-corrected chi connectivity index (χ3v) is 9.25. The Labute approximate surface area is 313 Å². The zero-order valence-corrected chi connectivity index (χ0v) is 31.3. The number of carbonyl (C=O) groups is 1. The van der Waals surface area contributed by atoms with E-state index in [1.54, 1.807) is 30.2 Å². The molecule has 2 aromatic heterocycles. The Kier molecular flexibility index (Phi) is 19.8. The van der Waals surface area contributed by atoms with Crippen LogP contribution in [0.4, 0.5) is 11.6 Å². The first-order valence-corrected chi connectivity index (χ1v) is 16.5. The second-order valence-corrected chi connectivity index (χ2v) is 12.1. The molecule has 228 valence electrons. The number of thioether (sulfide) groups is 1. The SMILES string of the molecule is CCCCC(CC)COC(=O)CCSc1ccnc(N2CCOCC2)c1Cl.[K+].[S-]c1ccnc(N2CCOCC2)c1Cl. The molecule has 0 bridgehead atoms. The van der Waals surface area contributed by atoms with E-state index in [9.17, 15) is 4.79 Å². The summed E-state index contributed by atoms with van der Waals surface area (Å²) in [6.07, 6.45) is 8.42. The predicted octanol–water partition coefficient (Wildman–Crippen LogP) is 3.29. The normalized spacial score (nSPS) is 15.7. The zero-order valence-electron chi connectivity index (χ0n) is 25.0. The molecule has 8 nitrogen and oxygen atoms in total. The number of aromatic nitrogens is 2. The maximum absolute atomic E-state index is 12.0. The summed E-state index contributed by atoms with van der Waals surface area (Å²) >= 11 is 19.3. The van der Waals surface area contributed by atoms with Crippen molar-refractivity contribution in [1.29, 1.82) is 0 Å². The molecule has 0 radical (unpaired) electrons. The first-order valence-electron chi connectivity index (χ1n) is 14.3. The average molecular weight is 684 g/mol. The van der Waals surface area contributed by atoms with Crippen LogP contribution in [0.15, 0.2) is 34.3 Å². The van der Waals surface area contributed by atoms with Gasteiger partial charge in [0.1, 0.15) is 11.6 Å². The molecule has 0 aromatic carbocycles. The van der Waals surface area contributed by atoms with Crippen LogP contribution in [0.5, 0.6) is 0 Å². The number of halogens is 2. The van der Waals surface area contributed by atoms with Gasteiger partial charge in [-0.1, -0.05) is 62.4 Å². The Morgan fingerprint density at radius 1 is 1.00 bits per heavy atom. The molecule has 2 aromatic rings. The number of anilines is 2. The monoisotopic (exact) mass is 682 g/mol. The number of hydrogen-bond donors (Lipinski definition) is 0. The summed E-state index contributed by atoms with van der Waals surface area (Å²) in [5.74, 6) is 2.58. The van der Waals surface area contributed by atoms with E-state index in [0.29, 0.717) is 52.9 Å². The fraction of sp³-hybridized carbons (Fsp3) is 0.621. The fourth-order valence-electron chi connectivity index (χ4n) is 4.36. The minimum Gasteiger partial charge on any atom is -0.778 e. The van der Waals surface area contributed by atoms with Crippen molar-refractivity contribution in [3.8, 4) is 0 Å². The van der Waals surface area contributed by atoms with Gasteiger partial charge in [0, 0.05) is 49.2 Å². The summed E-state index contributed by atoms with van der Waals surface area (Å²) < 4.78 is 16.1. The van der Waals surface area contributed by atoms with Gasteiger partial charge in [-0.05, 0) is 18.4 Å². The molecule has 1 atom stereocenters. The summed E-state index contributed by atoms with van der Waals surface area (Å²) in [5, 5.41) is 1.23. The van der Waals surface area contributed by atoms with Crippen molar-refractivity contribution in [1.82, 2.24) is 9.97 Å². The van der Waals surface area contributed by atoms with Crippen molar-refractivity contribution in [3.05, 3.63) is 34.6 Å². The second kappa shape index (κ2) is 21.7. The molecule has 13 heteroatoms. The van der Waals surface area contributed by atoms with Gasteiger partial charge in [0.2, 0.25) is 0 Å². The Morgan fingerprint density at radius 3 is 2.14 bits per heavy atom. The van der Waals surface area contributed by atoms with Gasteiger partial charge in [0.25, 0.3) is 0 Å². The Balaban J connectivity index is 0.000000344. The largest absolute Gasteiger partial charge is 1.00 e. The number of carbonyl (C=O) groups excluding carboxylic acids is 1. The number of rotatable bonds is 12. The Hall–Kier alpha value is 0.0764. The smallest absolute Gasteiger partial charge is 0.778 e. The van der Waals surface area contributed by atoms with Crippen LogP contribution < -0.4 is 61.2 Å². The summed E-state index contributed by atoms with van der Waals surface area (Å²) in [7, 11) is 0. The van der Waals surface area contributed by atoms with E-state index in [1.807, 2.05) is 6.07 Å². The number of ether oxygens (including phenoxy) is 3. The number of hydrogen-bond acceptors (Lipinski definition) is 10. The van der Waals surface area contributed by atoms with Crippen molar-refractivity contribution < 1.29 is 70.4 Å². The predicted molar refractivity (Wildman–Crippen MR) is 170 cm³/mol. The van der Waals surface area contributed by atoms with E-state index in [2.05, 4.69) is 33.6 Å². The van der Waals surface area contributed by atoms with Gasteiger partial charge in [-0.2, -0.15) is 4.90 Å². The number of unbranched alkanes of at least 4 members (excludes halogenated alkanes) is 1. The Bertz CT molecular complexity index is 1080. The molecule has 0 spiro atoms. The van der Waals surface area contributed by atoms with E-state index in [-0.39, 0.29) is 57.4 Å². The van der Waals surface area contributed by atoms with Crippen molar-refractivity contribution in [2.45, 2.75) is 55.7 Å². The fourth-order valence-corrected chi connectivity index (χ4v) is 6.00. The van der Waals surface area contributed by atoms with Crippen LogP contribution >= 0.6 is 35.0 Å². The van der Waals surface area contributed by atoms with Gasteiger partial charge in [0.15, 0.2) is 0 Å².